The van der Waals surface area contributed by atoms with Crippen molar-refractivity contribution >= 4 is 39.9 Å². The molecule has 3 aromatic rings. The van der Waals surface area contributed by atoms with Crippen molar-refractivity contribution in [2.45, 2.75) is 13.5 Å². The maximum atomic E-state index is 12.8. The summed E-state index contributed by atoms with van der Waals surface area (Å²) in [6.07, 6.45) is 0. The SMILES string of the molecule is Cc1cc(CN2CCSCC2)ccc1NC(=O)c1n[nH]c2ccc([N+](=O)[O-])cc12. The zero-order valence-electron chi connectivity index (χ0n) is 16.0. The number of carbonyl (C=O) groups is 1. The highest BCUT2D eigenvalue weighted by atomic mass is 32.2. The molecule has 0 unspecified atom stereocenters. The van der Waals surface area contributed by atoms with Gasteiger partial charge in [-0.1, -0.05) is 12.1 Å². The van der Waals surface area contributed by atoms with E-state index in [1.165, 1.54) is 29.2 Å². The Bertz CT molecular complexity index is 1080. The van der Waals surface area contributed by atoms with Crippen LogP contribution in [0.25, 0.3) is 10.9 Å². The number of nitro groups is 1. The van der Waals surface area contributed by atoms with Gasteiger partial charge in [-0.15, -0.1) is 0 Å². The van der Waals surface area contributed by atoms with E-state index in [9.17, 15) is 14.9 Å². The van der Waals surface area contributed by atoms with Gasteiger partial charge >= 0.3 is 0 Å². The predicted octanol–water partition coefficient (Wildman–Crippen LogP) is 3.58. The van der Waals surface area contributed by atoms with E-state index in [-0.39, 0.29) is 11.4 Å². The summed E-state index contributed by atoms with van der Waals surface area (Å²) in [4.78, 5) is 25.7. The normalized spacial score (nSPS) is 14.8. The summed E-state index contributed by atoms with van der Waals surface area (Å²) in [5.41, 5.74) is 3.52. The van der Waals surface area contributed by atoms with E-state index in [0.717, 1.165) is 25.2 Å². The number of hydrogen-bond donors (Lipinski definition) is 2. The lowest BCUT2D eigenvalue weighted by Crippen LogP contribution is -2.31. The van der Waals surface area contributed by atoms with Crippen LogP contribution in [-0.2, 0) is 6.54 Å². The van der Waals surface area contributed by atoms with Crippen molar-refractivity contribution < 1.29 is 9.72 Å². The van der Waals surface area contributed by atoms with Crippen LogP contribution >= 0.6 is 11.8 Å². The highest BCUT2D eigenvalue weighted by Gasteiger charge is 2.18. The van der Waals surface area contributed by atoms with Crippen molar-refractivity contribution in [3.05, 3.63) is 63.3 Å². The quantitative estimate of drug-likeness (QED) is 0.491. The highest BCUT2D eigenvalue weighted by molar-refractivity contribution is 7.99. The second kappa shape index (κ2) is 8.22. The number of amides is 1. The number of non-ortho nitro benzene ring substituents is 1. The van der Waals surface area contributed by atoms with Crippen molar-refractivity contribution in [3.8, 4) is 0 Å². The van der Waals surface area contributed by atoms with Crippen LogP contribution in [0.15, 0.2) is 36.4 Å². The number of nitro benzene ring substituents is 1. The van der Waals surface area contributed by atoms with Crippen LogP contribution in [0.5, 0.6) is 0 Å². The largest absolute Gasteiger partial charge is 0.320 e. The van der Waals surface area contributed by atoms with Crippen LogP contribution in [0, 0.1) is 17.0 Å². The van der Waals surface area contributed by atoms with Crippen molar-refractivity contribution in [3.63, 3.8) is 0 Å². The second-order valence-corrected chi connectivity index (χ2v) is 8.28. The summed E-state index contributed by atoms with van der Waals surface area (Å²) < 4.78 is 0. The van der Waals surface area contributed by atoms with Gasteiger partial charge in [0.25, 0.3) is 11.6 Å². The van der Waals surface area contributed by atoms with Gasteiger partial charge < -0.3 is 5.32 Å². The van der Waals surface area contributed by atoms with Gasteiger partial charge in [0, 0.05) is 54.3 Å². The van der Waals surface area contributed by atoms with Gasteiger partial charge in [0.05, 0.1) is 10.4 Å². The van der Waals surface area contributed by atoms with Crippen molar-refractivity contribution in [1.82, 2.24) is 15.1 Å². The lowest BCUT2D eigenvalue weighted by Gasteiger charge is -2.26. The molecule has 2 aromatic carbocycles. The molecule has 0 spiro atoms. The minimum absolute atomic E-state index is 0.0791. The molecule has 1 aromatic heterocycles. The first-order valence-corrected chi connectivity index (χ1v) is 10.5. The fourth-order valence-electron chi connectivity index (χ4n) is 3.45. The molecule has 0 saturated carbocycles. The fourth-order valence-corrected chi connectivity index (χ4v) is 4.43. The number of carbonyl (C=O) groups excluding carboxylic acids is 1. The molecule has 1 fully saturated rings. The Morgan fingerprint density at radius 3 is 2.79 bits per heavy atom. The minimum atomic E-state index is -0.488. The van der Waals surface area contributed by atoms with Gasteiger partial charge in [0.15, 0.2) is 5.69 Å². The van der Waals surface area contributed by atoms with Crippen LogP contribution < -0.4 is 5.32 Å². The number of fused-ring (bicyclic) bond motifs is 1. The lowest BCUT2D eigenvalue weighted by atomic mass is 10.1. The van der Waals surface area contributed by atoms with Crippen molar-refractivity contribution in [2.75, 3.05) is 29.9 Å². The number of nitrogens with one attached hydrogen (secondary N) is 2. The topological polar surface area (TPSA) is 104 Å². The molecule has 1 amide bonds. The number of nitrogens with zero attached hydrogens (tertiary/aromatic N) is 3. The molecular weight excluding hydrogens is 390 g/mol. The smallest absolute Gasteiger partial charge is 0.276 e. The zero-order valence-corrected chi connectivity index (χ0v) is 16.8. The number of aromatic nitrogens is 2. The standard InChI is InChI=1S/C20H21N5O3S/c1-13-10-14(12-24-6-8-29-9-7-24)2-4-17(13)21-20(26)19-16-11-15(25(27)28)3-5-18(16)22-23-19/h2-5,10-11H,6-9,12H2,1H3,(H,21,26)(H,22,23). The third-order valence-corrected chi connectivity index (χ3v) is 5.96. The van der Waals surface area contributed by atoms with Crippen molar-refractivity contribution in [2.24, 2.45) is 0 Å². The number of benzene rings is 2. The minimum Gasteiger partial charge on any atom is -0.320 e. The van der Waals surface area contributed by atoms with E-state index in [1.807, 2.05) is 30.8 Å². The number of aryl methyl sites for hydroxylation is 1. The lowest BCUT2D eigenvalue weighted by molar-refractivity contribution is -0.384. The summed E-state index contributed by atoms with van der Waals surface area (Å²) in [5.74, 6) is 1.94. The van der Waals surface area contributed by atoms with E-state index < -0.39 is 10.8 Å². The third kappa shape index (κ3) is 4.25. The van der Waals surface area contributed by atoms with Gasteiger partial charge in [0.2, 0.25) is 0 Å². The van der Waals surface area contributed by atoms with E-state index in [0.29, 0.717) is 16.6 Å². The molecule has 2 N–H and O–H groups in total. The molecule has 1 aliphatic rings. The monoisotopic (exact) mass is 411 g/mol. The summed E-state index contributed by atoms with van der Waals surface area (Å²) in [5, 5.41) is 21.1. The van der Waals surface area contributed by atoms with E-state index >= 15 is 0 Å². The maximum absolute atomic E-state index is 12.8. The molecule has 8 nitrogen and oxygen atoms in total. The summed E-state index contributed by atoms with van der Waals surface area (Å²) in [6, 6.07) is 10.3. The molecular formula is C20H21N5O3S. The molecule has 29 heavy (non-hydrogen) atoms. The molecule has 4 rings (SSSR count). The molecule has 0 radical (unpaired) electrons. The van der Waals surface area contributed by atoms with Gasteiger partial charge in [-0.25, -0.2) is 0 Å². The fraction of sp³-hybridized carbons (Fsp3) is 0.300. The summed E-state index contributed by atoms with van der Waals surface area (Å²) in [6.45, 7) is 5.06. The van der Waals surface area contributed by atoms with Crippen molar-refractivity contribution in [1.29, 1.82) is 0 Å². The van der Waals surface area contributed by atoms with Crippen LogP contribution in [-0.4, -0.2) is 50.5 Å². The first kappa shape index (κ1) is 19.4. The molecule has 1 aliphatic heterocycles. The zero-order chi connectivity index (χ0) is 20.4. The van der Waals surface area contributed by atoms with Gasteiger partial charge in [0.1, 0.15) is 0 Å². The molecule has 150 valence electrons. The Balaban J connectivity index is 1.51. The highest BCUT2D eigenvalue weighted by Crippen LogP contribution is 2.24. The first-order chi connectivity index (χ1) is 14.0. The van der Waals surface area contributed by atoms with Gasteiger partial charge in [-0.05, 0) is 30.2 Å². The molecule has 1 saturated heterocycles. The Labute approximate surface area is 171 Å². The molecule has 2 heterocycles. The van der Waals surface area contributed by atoms with Crippen LogP contribution in [0.1, 0.15) is 21.6 Å². The average molecular weight is 411 g/mol. The first-order valence-electron chi connectivity index (χ1n) is 9.35. The van der Waals surface area contributed by atoms with E-state index in [1.54, 1.807) is 6.07 Å². The van der Waals surface area contributed by atoms with Crippen LogP contribution in [0.2, 0.25) is 0 Å². The Hall–Kier alpha value is -2.91. The Kier molecular flexibility index (Phi) is 5.50. The number of thioether (sulfide) groups is 1. The van der Waals surface area contributed by atoms with Crippen LogP contribution in [0.3, 0.4) is 0 Å². The number of H-pyrrole nitrogens is 1. The number of aromatic amines is 1. The number of anilines is 1. The number of rotatable bonds is 5. The molecule has 9 heteroatoms. The summed E-state index contributed by atoms with van der Waals surface area (Å²) in [7, 11) is 0. The Morgan fingerprint density at radius 1 is 1.28 bits per heavy atom. The second-order valence-electron chi connectivity index (χ2n) is 7.05. The van der Waals surface area contributed by atoms with E-state index in [4.69, 9.17) is 0 Å². The maximum Gasteiger partial charge on any atom is 0.276 e. The van der Waals surface area contributed by atoms with Gasteiger partial charge in [-0.2, -0.15) is 16.9 Å². The van der Waals surface area contributed by atoms with Gasteiger partial charge in [-0.3, -0.25) is 24.9 Å². The molecule has 0 bridgehead atoms. The number of hydrogen-bond acceptors (Lipinski definition) is 6. The Morgan fingerprint density at radius 2 is 2.07 bits per heavy atom. The molecule has 0 atom stereocenters. The van der Waals surface area contributed by atoms with E-state index in [2.05, 4.69) is 26.5 Å². The molecule has 0 aliphatic carbocycles. The average Bonchev–Trinajstić information content (AvgIpc) is 3.14. The predicted molar refractivity (Wildman–Crippen MR) is 114 cm³/mol. The van der Waals surface area contributed by atoms with Crippen LogP contribution in [0.4, 0.5) is 11.4 Å². The summed E-state index contributed by atoms with van der Waals surface area (Å²) >= 11 is 1.99. The third-order valence-electron chi connectivity index (χ3n) is 5.02.